The lowest BCUT2D eigenvalue weighted by atomic mass is 9.76. The van der Waals surface area contributed by atoms with Gasteiger partial charge in [-0.1, -0.05) is 19.3 Å². The minimum atomic E-state index is -0.281. The van der Waals surface area contributed by atoms with Gasteiger partial charge < -0.3 is 10.5 Å². The minimum absolute atomic E-state index is 0.120. The van der Waals surface area contributed by atoms with E-state index in [4.69, 9.17) is 16.3 Å². The van der Waals surface area contributed by atoms with Crippen molar-refractivity contribution in [3.63, 3.8) is 0 Å². The molecule has 5 heteroatoms. The lowest BCUT2D eigenvalue weighted by molar-refractivity contribution is -0.0687. The number of pyridine rings is 1. The quantitative estimate of drug-likeness (QED) is 0.570. The van der Waals surface area contributed by atoms with Gasteiger partial charge in [-0.15, -0.1) is 0 Å². The zero-order valence-electron chi connectivity index (χ0n) is 11.8. The van der Waals surface area contributed by atoms with E-state index < -0.39 is 0 Å². The van der Waals surface area contributed by atoms with Gasteiger partial charge in [0.05, 0.1) is 11.6 Å². The molecule has 5 nitrogen and oxygen atoms in total. The fraction of sp³-hybridized carbons (Fsp3) is 0.643. The van der Waals surface area contributed by atoms with Crippen molar-refractivity contribution in [1.29, 1.82) is 0 Å². The van der Waals surface area contributed by atoms with Crippen LogP contribution in [0.15, 0.2) is 12.3 Å². The number of aromatic nitrogens is 1. The molecule has 1 atom stereocenters. The number of nitrogens with one attached hydrogen (secondary N) is 1. The summed E-state index contributed by atoms with van der Waals surface area (Å²) < 4.78 is 5.86. The second kappa shape index (κ2) is 5.86. The van der Waals surface area contributed by atoms with Crippen molar-refractivity contribution in [2.45, 2.75) is 50.7 Å². The molecule has 1 fully saturated rings. The minimum Gasteiger partial charge on any atom is -0.383 e. The van der Waals surface area contributed by atoms with Gasteiger partial charge in [-0.2, -0.15) is 0 Å². The van der Waals surface area contributed by atoms with Crippen LogP contribution in [0.1, 0.15) is 49.3 Å². The topological polar surface area (TPSA) is 86.2 Å². The fourth-order valence-electron chi connectivity index (χ4n) is 3.12. The molecule has 1 aliphatic rings. The fourth-order valence-corrected chi connectivity index (χ4v) is 3.12. The smallest absolute Gasteiger partial charge is 0.128 e. The number of methoxy groups -OCH3 is 1. The van der Waals surface area contributed by atoms with E-state index in [9.17, 15) is 0 Å². The Balaban J connectivity index is 2.39. The Hall–Kier alpha value is -1.17. The molecule has 1 aliphatic carbocycles. The Morgan fingerprint density at radius 1 is 1.37 bits per heavy atom. The molecule has 1 saturated carbocycles. The summed E-state index contributed by atoms with van der Waals surface area (Å²) >= 11 is 0. The summed E-state index contributed by atoms with van der Waals surface area (Å²) in [6, 6.07) is 1.92. The van der Waals surface area contributed by atoms with Crippen LogP contribution < -0.4 is 17.0 Å². The van der Waals surface area contributed by atoms with E-state index in [1.807, 2.05) is 13.0 Å². The molecule has 1 unspecified atom stereocenters. The standard InChI is InChI=1S/C14H24N4O/c1-10-8-11(13(15)17-9-10)12(18-16)14(19-2)6-4-3-5-7-14/h8-9,12,18H,3-7,16H2,1-2H3,(H2,15,17). The number of rotatable bonds is 4. The van der Waals surface area contributed by atoms with Crippen molar-refractivity contribution < 1.29 is 4.74 Å². The highest BCUT2D eigenvalue weighted by Gasteiger charge is 2.41. The van der Waals surface area contributed by atoms with Crippen molar-refractivity contribution in [3.8, 4) is 0 Å². The number of nitrogen functional groups attached to an aromatic ring is 1. The number of anilines is 1. The Labute approximate surface area is 114 Å². The van der Waals surface area contributed by atoms with Gasteiger partial charge in [0.2, 0.25) is 0 Å². The average Bonchev–Trinajstić information content (AvgIpc) is 2.44. The van der Waals surface area contributed by atoms with Crippen LogP contribution in [0.4, 0.5) is 5.82 Å². The van der Waals surface area contributed by atoms with E-state index in [1.165, 1.54) is 6.42 Å². The summed E-state index contributed by atoms with van der Waals surface area (Å²) in [5.41, 5.74) is 10.7. The number of hydrogen-bond acceptors (Lipinski definition) is 5. The van der Waals surface area contributed by atoms with Gasteiger partial charge in [-0.3, -0.25) is 5.84 Å². The first-order valence-corrected chi connectivity index (χ1v) is 6.86. The molecule has 5 N–H and O–H groups in total. The molecule has 0 spiro atoms. The molecule has 0 saturated heterocycles. The van der Waals surface area contributed by atoms with Crippen LogP contribution in [0.3, 0.4) is 0 Å². The molecular formula is C14H24N4O. The normalized spacial score (nSPS) is 20.2. The van der Waals surface area contributed by atoms with E-state index in [2.05, 4.69) is 10.4 Å². The van der Waals surface area contributed by atoms with Crippen molar-refractivity contribution in [1.82, 2.24) is 10.4 Å². The maximum atomic E-state index is 6.02. The van der Waals surface area contributed by atoms with E-state index in [1.54, 1.807) is 13.3 Å². The molecule has 0 bridgehead atoms. The summed E-state index contributed by atoms with van der Waals surface area (Å²) in [5.74, 6) is 6.33. The van der Waals surface area contributed by atoms with Gasteiger partial charge in [0.1, 0.15) is 5.82 Å². The Morgan fingerprint density at radius 3 is 2.63 bits per heavy atom. The van der Waals surface area contributed by atoms with Crippen molar-refractivity contribution in [2.75, 3.05) is 12.8 Å². The molecule has 1 heterocycles. The Kier molecular flexibility index (Phi) is 4.39. The second-order valence-corrected chi connectivity index (χ2v) is 5.42. The first-order chi connectivity index (χ1) is 9.13. The van der Waals surface area contributed by atoms with Crippen LogP contribution in [0.25, 0.3) is 0 Å². The van der Waals surface area contributed by atoms with E-state index in [0.717, 1.165) is 36.8 Å². The van der Waals surface area contributed by atoms with Gasteiger partial charge in [0, 0.05) is 18.9 Å². The predicted octanol–water partition coefficient (Wildman–Crippen LogP) is 1.83. The number of hydrogen-bond donors (Lipinski definition) is 3. The molecule has 1 aromatic heterocycles. The van der Waals surface area contributed by atoms with Gasteiger partial charge in [0.25, 0.3) is 0 Å². The zero-order valence-corrected chi connectivity index (χ0v) is 11.8. The summed E-state index contributed by atoms with van der Waals surface area (Å²) in [6.07, 6.45) is 7.32. The molecule has 2 rings (SSSR count). The third-order valence-electron chi connectivity index (χ3n) is 4.20. The van der Waals surface area contributed by atoms with Crippen molar-refractivity contribution in [3.05, 3.63) is 23.4 Å². The average molecular weight is 264 g/mol. The lowest BCUT2D eigenvalue weighted by Gasteiger charge is -2.42. The van der Waals surface area contributed by atoms with E-state index >= 15 is 0 Å². The first-order valence-electron chi connectivity index (χ1n) is 6.86. The third-order valence-corrected chi connectivity index (χ3v) is 4.20. The molecule has 1 aromatic rings. The second-order valence-electron chi connectivity index (χ2n) is 5.42. The third kappa shape index (κ3) is 2.73. The molecule has 0 aromatic carbocycles. The van der Waals surface area contributed by atoms with Gasteiger partial charge in [-0.05, 0) is 31.4 Å². The van der Waals surface area contributed by atoms with Gasteiger partial charge in [0.15, 0.2) is 0 Å². The Bertz CT molecular complexity index is 429. The molecule has 0 amide bonds. The van der Waals surface area contributed by atoms with Crippen LogP contribution in [0.5, 0.6) is 0 Å². The number of ether oxygens (including phenoxy) is 1. The van der Waals surface area contributed by atoms with Crippen LogP contribution in [-0.4, -0.2) is 17.7 Å². The highest BCUT2D eigenvalue weighted by molar-refractivity contribution is 5.44. The van der Waals surface area contributed by atoms with Gasteiger partial charge >= 0.3 is 0 Å². The van der Waals surface area contributed by atoms with Crippen LogP contribution in [0, 0.1) is 6.92 Å². The summed E-state index contributed by atoms with van der Waals surface area (Å²) in [4.78, 5) is 4.23. The maximum absolute atomic E-state index is 6.02. The SMILES string of the molecule is COC1(C(NN)c2cc(C)cnc2N)CCCCC1. The molecule has 0 aliphatic heterocycles. The van der Waals surface area contributed by atoms with Crippen molar-refractivity contribution in [2.24, 2.45) is 5.84 Å². The summed E-state index contributed by atoms with van der Waals surface area (Å²) in [5, 5.41) is 0. The van der Waals surface area contributed by atoms with E-state index in [0.29, 0.717) is 5.82 Å². The van der Waals surface area contributed by atoms with E-state index in [-0.39, 0.29) is 11.6 Å². The van der Waals surface area contributed by atoms with Crippen LogP contribution in [0.2, 0.25) is 0 Å². The molecular weight excluding hydrogens is 240 g/mol. The predicted molar refractivity (Wildman–Crippen MR) is 76.3 cm³/mol. The van der Waals surface area contributed by atoms with Gasteiger partial charge in [-0.25, -0.2) is 10.4 Å². The number of nitrogens with two attached hydrogens (primary N) is 2. The number of hydrazine groups is 1. The number of aryl methyl sites for hydroxylation is 1. The largest absolute Gasteiger partial charge is 0.383 e. The zero-order chi connectivity index (χ0) is 13.9. The molecule has 19 heavy (non-hydrogen) atoms. The highest BCUT2D eigenvalue weighted by atomic mass is 16.5. The first kappa shape index (κ1) is 14.2. The lowest BCUT2D eigenvalue weighted by Crippen LogP contribution is -2.49. The molecule has 106 valence electrons. The summed E-state index contributed by atoms with van der Waals surface area (Å²) in [7, 11) is 1.76. The highest BCUT2D eigenvalue weighted by Crippen LogP contribution is 2.41. The summed E-state index contributed by atoms with van der Waals surface area (Å²) in [6.45, 7) is 2.00. The molecule has 0 radical (unpaired) electrons. The Morgan fingerprint density at radius 2 is 2.05 bits per heavy atom. The number of nitrogens with zero attached hydrogens (tertiary/aromatic N) is 1. The van der Waals surface area contributed by atoms with Crippen LogP contribution in [-0.2, 0) is 4.74 Å². The van der Waals surface area contributed by atoms with Crippen molar-refractivity contribution >= 4 is 5.82 Å². The van der Waals surface area contributed by atoms with Crippen LogP contribution >= 0.6 is 0 Å². The maximum Gasteiger partial charge on any atom is 0.128 e. The monoisotopic (exact) mass is 264 g/mol.